The van der Waals surface area contributed by atoms with Gasteiger partial charge >= 0.3 is 5.69 Å². The third kappa shape index (κ3) is 4.78. The lowest BCUT2D eigenvalue weighted by Gasteiger charge is -2.20. The van der Waals surface area contributed by atoms with Gasteiger partial charge in [0.15, 0.2) is 5.69 Å². The summed E-state index contributed by atoms with van der Waals surface area (Å²) in [6, 6.07) is 7.43. The van der Waals surface area contributed by atoms with Crippen LogP contribution < -0.4 is 26.6 Å². The Morgan fingerprint density at radius 1 is 1.26 bits per heavy atom. The second-order valence-corrected chi connectivity index (χ2v) is 6.30. The fourth-order valence-electron chi connectivity index (χ4n) is 2.78. The van der Waals surface area contributed by atoms with Crippen molar-refractivity contribution in [3.05, 3.63) is 50.7 Å². The minimum Gasteiger partial charge on any atom is -0.497 e. The Hall–Kier alpha value is -3.03. The fraction of sp³-hybridized carbons (Fsp3) is 0.421. The highest BCUT2D eigenvalue weighted by atomic mass is 16.5. The van der Waals surface area contributed by atoms with Gasteiger partial charge in [0.2, 0.25) is 5.91 Å². The molecule has 0 saturated heterocycles. The van der Waals surface area contributed by atoms with Gasteiger partial charge in [-0.1, -0.05) is 25.5 Å². The SMILES string of the molecule is CCCCn1c(N)c(N(C)C(=O)CCc2ccc(OC)cc2)c(=O)[nH]c1=O. The van der Waals surface area contributed by atoms with Gasteiger partial charge in [0.05, 0.1) is 7.11 Å². The van der Waals surface area contributed by atoms with Crippen molar-refractivity contribution in [3.63, 3.8) is 0 Å². The minimum atomic E-state index is -0.662. The third-order valence-corrected chi connectivity index (χ3v) is 4.45. The molecule has 1 heterocycles. The van der Waals surface area contributed by atoms with Crippen molar-refractivity contribution < 1.29 is 9.53 Å². The molecule has 3 N–H and O–H groups in total. The molecule has 0 spiro atoms. The summed E-state index contributed by atoms with van der Waals surface area (Å²) in [4.78, 5) is 40.2. The maximum atomic E-state index is 12.6. The lowest BCUT2D eigenvalue weighted by atomic mass is 10.1. The van der Waals surface area contributed by atoms with Crippen molar-refractivity contribution in [2.45, 2.75) is 39.2 Å². The van der Waals surface area contributed by atoms with E-state index in [-0.39, 0.29) is 23.8 Å². The molecule has 1 aromatic carbocycles. The molecule has 2 rings (SSSR count). The van der Waals surface area contributed by atoms with Crippen LogP contribution in [0.15, 0.2) is 33.9 Å². The molecule has 8 nitrogen and oxygen atoms in total. The van der Waals surface area contributed by atoms with Crippen LogP contribution in [0, 0.1) is 0 Å². The molecule has 146 valence electrons. The summed E-state index contributed by atoms with van der Waals surface area (Å²) >= 11 is 0. The topological polar surface area (TPSA) is 110 Å². The van der Waals surface area contributed by atoms with Crippen LogP contribution in [0.5, 0.6) is 5.75 Å². The number of H-pyrrole nitrogens is 1. The van der Waals surface area contributed by atoms with E-state index in [4.69, 9.17) is 10.5 Å². The first kappa shape index (κ1) is 20.3. The molecule has 1 aromatic heterocycles. The molecule has 0 fully saturated rings. The Morgan fingerprint density at radius 2 is 1.93 bits per heavy atom. The van der Waals surface area contributed by atoms with Crippen molar-refractivity contribution in [2.24, 2.45) is 0 Å². The Morgan fingerprint density at radius 3 is 2.52 bits per heavy atom. The Labute approximate surface area is 157 Å². The van der Waals surface area contributed by atoms with Crippen molar-refractivity contribution in [1.29, 1.82) is 0 Å². The number of aromatic amines is 1. The van der Waals surface area contributed by atoms with Crippen LogP contribution >= 0.6 is 0 Å². The first-order chi connectivity index (χ1) is 12.9. The number of carbonyl (C=O) groups is 1. The molecule has 8 heteroatoms. The molecule has 27 heavy (non-hydrogen) atoms. The van der Waals surface area contributed by atoms with E-state index in [1.165, 1.54) is 16.5 Å². The molecule has 2 aromatic rings. The van der Waals surface area contributed by atoms with Crippen molar-refractivity contribution >= 4 is 17.4 Å². The molecule has 0 atom stereocenters. The van der Waals surface area contributed by atoms with Crippen LogP contribution in [0.2, 0.25) is 0 Å². The molecule has 0 aliphatic rings. The number of benzene rings is 1. The molecule has 0 bridgehead atoms. The lowest BCUT2D eigenvalue weighted by molar-refractivity contribution is -0.118. The zero-order chi connectivity index (χ0) is 20.0. The van der Waals surface area contributed by atoms with Gasteiger partial charge in [-0.2, -0.15) is 0 Å². The average Bonchev–Trinajstić information content (AvgIpc) is 2.66. The summed E-state index contributed by atoms with van der Waals surface area (Å²) in [7, 11) is 3.08. The molecule has 1 amide bonds. The lowest BCUT2D eigenvalue weighted by Crippen LogP contribution is -2.39. The summed E-state index contributed by atoms with van der Waals surface area (Å²) in [5.41, 5.74) is 5.80. The van der Waals surface area contributed by atoms with Gasteiger partial charge < -0.3 is 15.4 Å². The number of amides is 1. The first-order valence-corrected chi connectivity index (χ1v) is 8.91. The number of methoxy groups -OCH3 is 1. The Bertz CT molecular complexity index is 899. The summed E-state index contributed by atoms with van der Waals surface area (Å²) < 4.78 is 6.41. The van der Waals surface area contributed by atoms with Crippen molar-refractivity contribution in [3.8, 4) is 5.75 Å². The van der Waals surface area contributed by atoms with E-state index in [0.29, 0.717) is 13.0 Å². The molecule has 0 radical (unpaired) electrons. The van der Waals surface area contributed by atoms with Crippen LogP contribution in [0.1, 0.15) is 31.7 Å². The quantitative estimate of drug-likeness (QED) is 0.728. The third-order valence-electron chi connectivity index (χ3n) is 4.45. The van der Waals surface area contributed by atoms with Crippen LogP contribution in [-0.2, 0) is 17.8 Å². The largest absolute Gasteiger partial charge is 0.497 e. The van der Waals surface area contributed by atoms with E-state index in [1.54, 1.807) is 7.11 Å². The second kappa shape index (κ2) is 9.07. The van der Waals surface area contributed by atoms with E-state index in [2.05, 4.69) is 4.98 Å². The number of ether oxygens (including phenoxy) is 1. The van der Waals surface area contributed by atoms with Gasteiger partial charge in [-0.15, -0.1) is 0 Å². The van der Waals surface area contributed by atoms with E-state index in [9.17, 15) is 14.4 Å². The monoisotopic (exact) mass is 374 g/mol. The minimum absolute atomic E-state index is 0.00503. The van der Waals surface area contributed by atoms with Crippen molar-refractivity contribution in [1.82, 2.24) is 9.55 Å². The molecule has 0 saturated carbocycles. The maximum absolute atomic E-state index is 12.6. The van der Waals surface area contributed by atoms with Crippen LogP contribution in [0.4, 0.5) is 11.5 Å². The van der Waals surface area contributed by atoms with Gasteiger partial charge in [0.1, 0.15) is 11.6 Å². The van der Waals surface area contributed by atoms with E-state index in [1.807, 2.05) is 31.2 Å². The molecule has 0 unspecified atom stereocenters. The van der Waals surface area contributed by atoms with Gasteiger partial charge in [-0.05, 0) is 30.5 Å². The highest BCUT2D eigenvalue weighted by molar-refractivity contribution is 5.95. The molecule has 0 aliphatic carbocycles. The summed E-state index contributed by atoms with van der Waals surface area (Å²) in [6.07, 6.45) is 2.33. The number of anilines is 2. The van der Waals surface area contributed by atoms with Crippen LogP contribution in [0.3, 0.4) is 0 Å². The predicted molar refractivity (Wildman–Crippen MR) is 105 cm³/mol. The maximum Gasteiger partial charge on any atom is 0.330 e. The number of nitrogens with two attached hydrogens (primary N) is 1. The van der Waals surface area contributed by atoms with Crippen molar-refractivity contribution in [2.75, 3.05) is 24.8 Å². The van der Waals surface area contributed by atoms with E-state index in [0.717, 1.165) is 24.2 Å². The standard InChI is InChI=1S/C19H26N4O4/c1-4-5-12-23-17(20)16(18(25)21-19(23)26)22(2)15(24)11-8-13-6-9-14(27-3)10-7-13/h6-7,9-10H,4-5,8,11-12,20H2,1-3H3,(H,21,25,26). The smallest absolute Gasteiger partial charge is 0.330 e. The number of aryl methyl sites for hydroxylation is 1. The van der Waals surface area contributed by atoms with Gasteiger partial charge in [-0.3, -0.25) is 19.1 Å². The molecular weight excluding hydrogens is 348 g/mol. The highest BCUT2D eigenvalue weighted by Crippen LogP contribution is 2.18. The van der Waals surface area contributed by atoms with Gasteiger partial charge in [0.25, 0.3) is 5.56 Å². The normalized spacial score (nSPS) is 10.6. The highest BCUT2D eigenvalue weighted by Gasteiger charge is 2.20. The number of aromatic nitrogens is 2. The fourth-order valence-corrected chi connectivity index (χ4v) is 2.78. The predicted octanol–water partition coefficient (Wildman–Crippen LogP) is 1.52. The Kier molecular flexibility index (Phi) is 6.81. The number of nitrogens with zero attached hydrogens (tertiary/aromatic N) is 2. The van der Waals surface area contributed by atoms with Crippen LogP contribution in [-0.4, -0.2) is 29.6 Å². The number of nitrogens with one attached hydrogen (secondary N) is 1. The summed E-state index contributed by atoms with van der Waals surface area (Å²) in [5.74, 6) is 0.497. The van der Waals surface area contributed by atoms with Crippen LogP contribution in [0.25, 0.3) is 0 Å². The molecular formula is C19H26N4O4. The Balaban J connectivity index is 2.17. The van der Waals surface area contributed by atoms with E-state index >= 15 is 0 Å². The summed E-state index contributed by atoms with van der Waals surface area (Å²) in [5, 5.41) is 0. The zero-order valence-electron chi connectivity index (χ0n) is 15.9. The first-order valence-electron chi connectivity index (χ1n) is 8.91. The van der Waals surface area contributed by atoms with Gasteiger partial charge in [0, 0.05) is 20.0 Å². The number of rotatable bonds is 8. The second-order valence-electron chi connectivity index (χ2n) is 6.30. The number of unbranched alkanes of at least 4 members (excludes halogenated alkanes) is 1. The number of hydrogen-bond acceptors (Lipinski definition) is 5. The molecule has 0 aliphatic heterocycles. The number of carbonyl (C=O) groups excluding carboxylic acids is 1. The average molecular weight is 374 g/mol. The zero-order valence-corrected chi connectivity index (χ0v) is 15.9. The van der Waals surface area contributed by atoms with Gasteiger partial charge in [-0.25, -0.2) is 4.79 Å². The number of hydrogen-bond donors (Lipinski definition) is 2. The van der Waals surface area contributed by atoms with E-state index < -0.39 is 11.2 Å². The summed E-state index contributed by atoms with van der Waals surface area (Å²) in [6.45, 7) is 2.38. The number of nitrogen functional groups attached to an aromatic ring is 1.